The molecule has 4 rings (SSSR count). The van der Waals surface area contributed by atoms with E-state index in [2.05, 4.69) is 40.0 Å². The molecular formula is C19H24N4O. The maximum absolute atomic E-state index is 12.8. The van der Waals surface area contributed by atoms with Crippen LogP contribution in [0.15, 0.2) is 24.3 Å². The standard InChI is InChI=1S/C19H24N4O/c1-23-17-12-20-10-9-16(17)18(22-23)21-19(24)15-8-4-7-13-5-2-3-6-14(13)11-15/h2-3,5-6,15,20H,4,7-12H2,1H3,(H,21,22,24). The van der Waals surface area contributed by atoms with E-state index < -0.39 is 0 Å². The molecule has 2 heterocycles. The highest BCUT2D eigenvalue weighted by atomic mass is 16.2. The molecule has 1 aromatic heterocycles. The van der Waals surface area contributed by atoms with Crippen LogP contribution < -0.4 is 10.6 Å². The number of carbonyl (C=O) groups is 1. The monoisotopic (exact) mass is 324 g/mol. The summed E-state index contributed by atoms with van der Waals surface area (Å²) in [5.41, 5.74) is 5.10. The zero-order valence-corrected chi connectivity index (χ0v) is 14.1. The minimum atomic E-state index is 0.0352. The molecule has 1 unspecified atom stereocenters. The molecule has 1 amide bonds. The van der Waals surface area contributed by atoms with Gasteiger partial charge in [0.15, 0.2) is 5.82 Å². The smallest absolute Gasteiger partial charge is 0.229 e. The summed E-state index contributed by atoms with van der Waals surface area (Å²) in [5.74, 6) is 0.913. The Morgan fingerprint density at radius 3 is 3.00 bits per heavy atom. The van der Waals surface area contributed by atoms with Gasteiger partial charge in [0.1, 0.15) is 0 Å². The zero-order chi connectivity index (χ0) is 16.5. The Labute approximate surface area is 142 Å². The van der Waals surface area contributed by atoms with Crippen molar-refractivity contribution in [3.63, 3.8) is 0 Å². The molecule has 1 aliphatic heterocycles. The van der Waals surface area contributed by atoms with E-state index in [9.17, 15) is 4.79 Å². The number of benzene rings is 1. The van der Waals surface area contributed by atoms with Crippen molar-refractivity contribution in [2.24, 2.45) is 13.0 Å². The third kappa shape index (κ3) is 2.84. The number of fused-ring (bicyclic) bond motifs is 2. The molecule has 2 aliphatic rings. The van der Waals surface area contributed by atoms with Crippen molar-refractivity contribution in [1.29, 1.82) is 0 Å². The van der Waals surface area contributed by atoms with E-state index in [0.717, 1.165) is 51.0 Å². The van der Waals surface area contributed by atoms with Crippen molar-refractivity contribution in [2.45, 2.75) is 38.6 Å². The molecule has 5 heteroatoms. The van der Waals surface area contributed by atoms with Gasteiger partial charge in [0.2, 0.25) is 5.91 Å². The number of rotatable bonds is 2. The van der Waals surface area contributed by atoms with Gasteiger partial charge in [-0.2, -0.15) is 5.10 Å². The molecule has 0 fully saturated rings. The Kier molecular flexibility index (Phi) is 4.10. The maximum atomic E-state index is 12.8. The van der Waals surface area contributed by atoms with Crippen LogP contribution >= 0.6 is 0 Å². The maximum Gasteiger partial charge on any atom is 0.229 e. The van der Waals surface area contributed by atoms with Gasteiger partial charge in [-0.25, -0.2) is 0 Å². The summed E-state index contributed by atoms with van der Waals surface area (Å²) in [4.78, 5) is 12.8. The Bertz CT molecular complexity index is 765. The third-order valence-corrected chi connectivity index (χ3v) is 5.31. The molecule has 0 saturated carbocycles. The molecule has 0 spiro atoms. The Morgan fingerprint density at radius 1 is 1.29 bits per heavy atom. The normalized spacial score (nSPS) is 20.0. The quantitative estimate of drug-likeness (QED) is 0.833. The van der Waals surface area contributed by atoms with Crippen molar-refractivity contribution >= 4 is 11.7 Å². The largest absolute Gasteiger partial charge is 0.311 e. The number of amides is 1. The first kappa shape index (κ1) is 15.4. The number of aromatic nitrogens is 2. The summed E-state index contributed by atoms with van der Waals surface area (Å²) in [7, 11) is 1.95. The highest BCUT2D eigenvalue weighted by molar-refractivity contribution is 5.92. The van der Waals surface area contributed by atoms with Crippen LogP contribution in [0.4, 0.5) is 5.82 Å². The van der Waals surface area contributed by atoms with Crippen LogP contribution in [0.5, 0.6) is 0 Å². The molecule has 0 bridgehead atoms. The van der Waals surface area contributed by atoms with Crippen LogP contribution in [-0.4, -0.2) is 22.2 Å². The van der Waals surface area contributed by atoms with Gasteiger partial charge in [-0.15, -0.1) is 0 Å². The summed E-state index contributed by atoms with van der Waals surface area (Å²) >= 11 is 0. The lowest BCUT2D eigenvalue weighted by Crippen LogP contribution is -2.27. The SMILES string of the molecule is Cn1nc(NC(=O)C2CCCc3ccccc3C2)c2c1CNCC2. The van der Waals surface area contributed by atoms with Crippen LogP contribution in [0.1, 0.15) is 35.2 Å². The Balaban J connectivity index is 1.53. The van der Waals surface area contributed by atoms with E-state index in [1.54, 1.807) is 0 Å². The average molecular weight is 324 g/mol. The predicted octanol–water partition coefficient (Wildman–Crippen LogP) is 2.20. The molecule has 5 nitrogen and oxygen atoms in total. The minimum Gasteiger partial charge on any atom is -0.311 e. The van der Waals surface area contributed by atoms with Crippen LogP contribution in [0.25, 0.3) is 0 Å². The topological polar surface area (TPSA) is 59.0 Å². The molecule has 0 radical (unpaired) electrons. The summed E-state index contributed by atoms with van der Waals surface area (Å²) < 4.78 is 1.89. The number of carbonyl (C=O) groups excluding carboxylic acids is 1. The van der Waals surface area contributed by atoms with Crippen molar-refractivity contribution in [2.75, 3.05) is 11.9 Å². The van der Waals surface area contributed by atoms with E-state index >= 15 is 0 Å². The molecule has 1 aliphatic carbocycles. The number of hydrogen-bond acceptors (Lipinski definition) is 3. The first-order valence-corrected chi connectivity index (χ1v) is 8.85. The minimum absolute atomic E-state index is 0.0352. The van der Waals surface area contributed by atoms with Crippen LogP contribution in [-0.2, 0) is 37.6 Å². The summed E-state index contributed by atoms with van der Waals surface area (Å²) in [6, 6.07) is 8.52. The number of nitrogens with one attached hydrogen (secondary N) is 2. The fourth-order valence-corrected chi connectivity index (χ4v) is 3.96. The second-order valence-electron chi connectivity index (χ2n) is 6.88. The summed E-state index contributed by atoms with van der Waals surface area (Å²) in [6.07, 6.45) is 4.84. The van der Waals surface area contributed by atoms with E-state index in [4.69, 9.17) is 0 Å². The van der Waals surface area contributed by atoms with Gasteiger partial charge in [-0.3, -0.25) is 9.48 Å². The van der Waals surface area contributed by atoms with Gasteiger partial charge < -0.3 is 10.6 Å². The fraction of sp³-hybridized carbons (Fsp3) is 0.474. The van der Waals surface area contributed by atoms with Crippen molar-refractivity contribution < 1.29 is 4.79 Å². The van der Waals surface area contributed by atoms with Gasteiger partial charge in [-0.1, -0.05) is 24.3 Å². The predicted molar refractivity (Wildman–Crippen MR) is 93.8 cm³/mol. The molecule has 2 N–H and O–H groups in total. The second kappa shape index (κ2) is 6.40. The van der Waals surface area contributed by atoms with Crippen LogP contribution in [0.2, 0.25) is 0 Å². The molecule has 1 aromatic carbocycles. The third-order valence-electron chi connectivity index (χ3n) is 5.31. The number of anilines is 1. The van der Waals surface area contributed by atoms with Gasteiger partial charge in [0.25, 0.3) is 0 Å². The van der Waals surface area contributed by atoms with Crippen LogP contribution in [0, 0.1) is 5.92 Å². The molecule has 126 valence electrons. The molecular weight excluding hydrogens is 300 g/mol. The van der Waals surface area contributed by atoms with Gasteiger partial charge in [-0.05, 0) is 49.8 Å². The van der Waals surface area contributed by atoms with E-state index in [0.29, 0.717) is 0 Å². The molecule has 1 atom stereocenters. The molecule has 0 saturated heterocycles. The van der Waals surface area contributed by atoms with E-state index in [1.165, 1.54) is 22.4 Å². The Morgan fingerprint density at radius 2 is 2.12 bits per heavy atom. The summed E-state index contributed by atoms with van der Waals surface area (Å²) in [5, 5.41) is 11.0. The average Bonchev–Trinajstić information content (AvgIpc) is 2.79. The summed E-state index contributed by atoms with van der Waals surface area (Å²) in [6.45, 7) is 1.77. The van der Waals surface area contributed by atoms with E-state index in [1.807, 2.05) is 11.7 Å². The zero-order valence-electron chi connectivity index (χ0n) is 14.1. The van der Waals surface area contributed by atoms with E-state index in [-0.39, 0.29) is 11.8 Å². The van der Waals surface area contributed by atoms with Gasteiger partial charge in [0.05, 0.1) is 5.69 Å². The lowest BCUT2D eigenvalue weighted by atomic mass is 9.96. The van der Waals surface area contributed by atoms with Gasteiger partial charge >= 0.3 is 0 Å². The van der Waals surface area contributed by atoms with Crippen LogP contribution in [0.3, 0.4) is 0 Å². The Hall–Kier alpha value is -2.14. The lowest BCUT2D eigenvalue weighted by Gasteiger charge is -2.16. The van der Waals surface area contributed by atoms with Crippen molar-refractivity contribution in [1.82, 2.24) is 15.1 Å². The second-order valence-corrected chi connectivity index (χ2v) is 6.88. The lowest BCUT2D eigenvalue weighted by molar-refractivity contribution is -0.120. The first-order chi connectivity index (χ1) is 11.7. The van der Waals surface area contributed by atoms with Crippen molar-refractivity contribution in [3.8, 4) is 0 Å². The van der Waals surface area contributed by atoms with Crippen molar-refractivity contribution in [3.05, 3.63) is 46.6 Å². The first-order valence-electron chi connectivity index (χ1n) is 8.85. The molecule has 24 heavy (non-hydrogen) atoms. The number of hydrogen-bond donors (Lipinski definition) is 2. The molecule has 2 aromatic rings. The highest BCUT2D eigenvalue weighted by Crippen LogP contribution is 2.27. The van der Waals surface area contributed by atoms with Gasteiger partial charge in [0, 0.05) is 25.1 Å². The number of aryl methyl sites for hydroxylation is 2. The highest BCUT2D eigenvalue weighted by Gasteiger charge is 2.26. The fourth-order valence-electron chi connectivity index (χ4n) is 3.96. The number of nitrogens with zero attached hydrogens (tertiary/aromatic N) is 2.